The van der Waals surface area contributed by atoms with Crippen molar-refractivity contribution in [2.24, 2.45) is 0 Å². The van der Waals surface area contributed by atoms with Gasteiger partial charge in [-0.1, -0.05) is 23.7 Å². The van der Waals surface area contributed by atoms with Gasteiger partial charge in [-0.15, -0.1) is 0 Å². The molecule has 0 aliphatic rings. The number of hydrogen-bond acceptors (Lipinski definition) is 1. The second-order valence-electron chi connectivity index (χ2n) is 4.28. The summed E-state index contributed by atoms with van der Waals surface area (Å²) in [6.45, 7) is 4.29. The first-order chi connectivity index (χ1) is 6.97. The maximum Gasteiger partial charge on any atom is 0.117 e. The highest BCUT2D eigenvalue weighted by atomic mass is 35.5. The Kier molecular flexibility index (Phi) is 4.55. The quantitative estimate of drug-likeness (QED) is 0.765. The van der Waals surface area contributed by atoms with E-state index in [2.05, 4.69) is 5.32 Å². The largest absolute Gasteiger partial charge is 0.313 e. The Balaban J connectivity index is 2.26. The molecule has 0 radical (unpaired) electrons. The first kappa shape index (κ1) is 12.5. The van der Waals surface area contributed by atoms with Crippen LogP contribution in [0.2, 0.25) is 5.02 Å². The van der Waals surface area contributed by atoms with E-state index < -0.39 is 5.67 Å². The van der Waals surface area contributed by atoms with E-state index in [0.29, 0.717) is 6.54 Å². The highest BCUT2D eigenvalue weighted by Gasteiger charge is 2.13. The average molecular weight is 230 g/mol. The Morgan fingerprint density at radius 3 is 2.73 bits per heavy atom. The number of halogens is 2. The third-order valence-corrected chi connectivity index (χ3v) is 2.26. The van der Waals surface area contributed by atoms with Gasteiger partial charge in [-0.25, -0.2) is 4.39 Å². The fraction of sp³-hybridized carbons (Fsp3) is 0.500. The highest BCUT2D eigenvalue weighted by molar-refractivity contribution is 6.30. The molecule has 0 unspecified atom stereocenters. The molecule has 0 aliphatic carbocycles. The van der Waals surface area contributed by atoms with Gasteiger partial charge in [0.05, 0.1) is 0 Å². The highest BCUT2D eigenvalue weighted by Crippen LogP contribution is 2.11. The first-order valence-electron chi connectivity index (χ1n) is 5.11. The number of benzene rings is 1. The summed E-state index contributed by atoms with van der Waals surface area (Å²) in [7, 11) is 0. The average Bonchev–Trinajstić information content (AvgIpc) is 2.11. The zero-order valence-electron chi connectivity index (χ0n) is 9.19. The van der Waals surface area contributed by atoms with Crippen LogP contribution in [-0.2, 0) is 6.42 Å². The van der Waals surface area contributed by atoms with Crippen molar-refractivity contribution in [2.45, 2.75) is 25.9 Å². The molecule has 1 nitrogen and oxygen atoms in total. The van der Waals surface area contributed by atoms with E-state index >= 15 is 0 Å². The summed E-state index contributed by atoms with van der Waals surface area (Å²) in [5.41, 5.74) is 0.0283. The van der Waals surface area contributed by atoms with E-state index in [4.69, 9.17) is 11.6 Å². The lowest BCUT2D eigenvalue weighted by Gasteiger charge is -2.14. The Hall–Kier alpha value is -0.600. The van der Waals surface area contributed by atoms with Gasteiger partial charge < -0.3 is 5.32 Å². The summed E-state index contributed by atoms with van der Waals surface area (Å²) in [6.07, 6.45) is 0.872. The van der Waals surface area contributed by atoms with Crippen molar-refractivity contribution < 1.29 is 4.39 Å². The third-order valence-electron chi connectivity index (χ3n) is 2.02. The molecule has 15 heavy (non-hydrogen) atoms. The van der Waals surface area contributed by atoms with Gasteiger partial charge in [-0.05, 0) is 44.5 Å². The van der Waals surface area contributed by atoms with E-state index in [-0.39, 0.29) is 0 Å². The molecule has 0 saturated heterocycles. The Labute approximate surface area is 95.6 Å². The zero-order chi connectivity index (χ0) is 11.3. The number of nitrogens with one attached hydrogen (secondary N) is 1. The van der Waals surface area contributed by atoms with Gasteiger partial charge in [-0.3, -0.25) is 0 Å². The number of rotatable bonds is 5. The Bertz CT molecular complexity index is 307. The van der Waals surface area contributed by atoms with Crippen LogP contribution in [0.15, 0.2) is 24.3 Å². The summed E-state index contributed by atoms with van der Waals surface area (Å²) in [5, 5.41) is 3.82. The molecule has 0 aliphatic heterocycles. The molecule has 0 aromatic heterocycles. The molecule has 0 amide bonds. The lowest BCUT2D eigenvalue weighted by Crippen LogP contribution is -2.32. The van der Waals surface area contributed by atoms with Crippen molar-refractivity contribution in [1.29, 1.82) is 0 Å². The summed E-state index contributed by atoms with van der Waals surface area (Å²) < 4.78 is 13.1. The molecule has 1 rings (SSSR count). The van der Waals surface area contributed by atoms with Crippen LogP contribution in [0.3, 0.4) is 0 Å². The lowest BCUT2D eigenvalue weighted by molar-refractivity contribution is 0.211. The van der Waals surface area contributed by atoms with E-state index in [1.165, 1.54) is 5.56 Å². The van der Waals surface area contributed by atoms with Crippen molar-refractivity contribution in [3.8, 4) is 0 Å². The number of hydrogen-bond donors (Lipinski definition) is 1. The molecule has 0 heterocycles. The summed E-state index contributed by atoms with van der Waals surface area (Å²) in [5.74, 6) is 0. The van der Waals surface area contributed by atoms with Crippen LogP contribution in [-0.4, -0.2) is 18.8 Å². The van der Waals surface area contributed by atoms with Crippen molar-refractivity contribution >= 4 is 11.6 Å². The second-order valence-corrected chi connectivity index (χ2v) is 4.71. The lowest BCUT2D eigenvalue weighted by atomic mass is 10.1. The van der Waals surface area contributed by atoms with Crippen molar-refractivity contribution in [3.63, 3.8) is 0 Å². The van der Waals surface area contributed by atoms with Gasteiger partial charge in [0.1, 0.15) is 5.67 Å². The van der Waals surface area contributed by atoms with Gasteiger partial charge in [-0.2, -0.15) is 0 Å². The Morgan fingerprint density at radius 2 is 2.13 bits per heavy atom. The number of alkyl halides is 1. The van der Waals surface area contributed by atoms with Crippen molar-refractivity contribution in [2.75, 3.05) is 13.1 Å². The predicted molar refractivity (Wildman–Crippen MR) is 63.2 cm³/mol. The summed E-state index contributed by atoms with van der Waals surface area (Å²) in [6, 6.07) is 7.73. The summed E-state index contributed by atoms with van der Waals surface area (Å²) in [4.78, 5) is 0. The van der Waals surface area contributed by atoms with Crippen LogP contribution in [0, 0.1) is 0 Å². The molecule has 1 aromatic rings. The van der Waals surface area contributed by atoms with Gasteiger partial charge in [0, 0.05) is 11.6 Å². The SMILES string of the molecule is CC(C)(F)CNCCc1cccc(Cl)c1. The van der Waals surface area contributed by atoms with E-state index in [0.717, 1.165) is 18.0 Å². The summed E-state index contributed by atoms with van der Waals surface area (Å²) >= 11 is 5.85. The first-order valence-corrected chi connectivity index (χ1v) is 5.49. The molecule has 3 heteroatoms. The minimum Gasteiger partial charge on any atom is -0.313 e. The maximum atomic E-state index is 13.1. The van der Waals surface area contributed by atoms with E-state index in [1.807, 2.05) is 24.3 Å². The minimum absolute atomic E-state index is 0.383. The van der Waals surface area contributed by atoms with Gasteiger partial charge in [0.15, 0.2) is 0 Å². The van der Waals surface area contributed by atoms with Crippen LogP contribution in [0.25, 0.3) is 0 Å². The minimum atomic E-state index is -1.14. The third kappa shape index (κ3) is 5.75. The van der Waals surface area contributed by atoms with Gasteiger partial charge >= 0.3 is 0 Å². The van der Waals surface area contributed by atoms with Gasteiger partial charge in [0.25, 0.3) is 0 Å². The molecule has 84 valence electrons. The molecule has 0 spiro atoms. The van der Waals surface area contributed by atoms with Crippen molar-refractivity contribution in [1.82, 2.24) is 5.32 Å². The standard InChI is InChI=1S/C12H17ClFN/c1-12(2,14)9-15-7-6-10-4-3-5-11(13)8-10/h3-5,8,15H,6-7,9H2,1-2H3. The normalized spacial score (nSPS) is 11.7. The van der Waals surface area contributed by atoms with Crippen LogP contribution in [0.5, 0.6) is 0 Å². The molecule has 0 atom stereocenters. The molecule has 1 aromatic carbocycles. The second kappa shape index (κ2) is 5.47. The van der Waals surface area contributed by atoms with Crippen LogP contribution in [0.1, 0.15) is 19.4 Å². The van der Waals surface area contributed by atoms with Crippen LogP contribution >= 0.6 is 11.6 Å². The van der Waals surface area contributed by atoms with Crippen LogP contribution < -0.4 is 5.32 Å². The molecule has 0 fully saturated rings. The molecule has 0 saturated carbocycles. The fourth-order valence-corrected chi connectivity index (χ4v) is 1.52. The molecule has 0 bridgehead atoms. The van der Waals surface area contributed by atoms with E-state index in [1.54, 1.807) is 13.8 Å². The van der Waals surface area contributed by atoms with Crippen molar-refractivity contribution in [3.05, 3.63) is 34.9 Å². The topological polar surface area (TPSA) is 12.0 Å². The van der Waals surface area contributed by atoms with E-state index in [9.17, 15) is 4.39 Å². The molecular formula is C12H17ClFN. The maximum absolute atomic E-state index is 13.1. The predicted octanol–water partition coefficient (Wildman–Crippen LogP) is 3.22. The fourth-order valence-electron chi connectivity index (χ4n) is 1.31. The smallest absolute Gasteiger partial charge is 0.117 e. The van der Waals surface area contributed by atoms with Gasteiger partial charge in [0.2, 0.25) is 0 Å². The monoisotopic (exact) mass is 229 g/mol. The van der Waals surface area contributed by atoms with Crippen LogP contribution in [0.4, 0.5) is 4.39 Å². The molecule has 1 N–H and O–H groups in total. The molecular weight excluding hydrogens is 213 g/mol. The Morgan fingerprint density at radius 1 is 1.40 bits per heavy atom. The zero-order valence-corrected chi connectivity index (χ0v) is 9.94.